The summed E-state index contributed by atoms with van der Waals surface area (Å²) in [6, 6.07) is 44.3. The van der Waals surface area contributed by atoms with E-state index in [2.05, 4.69) is 107 Å². The number of hydrogen-bond donors (Lipinski definition) is 0. The summed E-state index contributed by atoms with van der Waals surface area (Å²) < 4.78 is 13.6. The Morgan fingerprint density at radius 3 is 1.84 bits per heavy atom. The van der Waals surface area contributed by atoms with Gasteiger partial charge in [0.2, 0.25) is 0 Å². The summed E-state index contributed by atoms with van der Waals surface area (Å²) in [7, 11) is 0. The van der Waals surface area contributed by atoms with Gasteiger partial charge in [0, 0.05) is 14.8 Å². The van der Waals surface area contributed by atoms with Crippen molar-refractivity contribution in [1.82, 2.24) is 0 Å². The molecular weight excluding hydrogens is 636 g/mol. The van der Waals surface area contributed by atoms with Gasteiger partial charge in [-0.3, -0.25) is 0 Å². The van der Waals surface area contributed by atoms with E-state index in [0.29, 0.717) is 22.3 Å². The van der Waals surface area contributed by atoms with Crippen molar-refractivity contribution in [3.05, 3.63) is 165 Å². The van der Waals surface area contributed by atoms with E-state index in [0.717, 1.165) is 15.8 Å². The maximum atomic E-state index is 6.67. The molecule has 0 radical (unpaired) electrons. The highest BCUT2D eigenvalue weighted by Crippen LogP contribution is 2.62. The minimum Gasteiger partial charge on any atom is -0.456 e. The molecule has 0 fully saturated rings. The van der Waals surface area contributed by atoms with Crippen molar-refractivity contribution in [2.75, 3.05) is 0 Å². The van der Waals surface area contributed by atoms with E-state index in [4.69, 9.17) is 21.1 Å². The van der Waals surface area contributed by atoms with Crippen LogP contribution in [-0.2, 0) is 5.41 Å². The number of ether oxygens (including phenoxy) is 2. The molecule has 2 aliphatic rings. The lowest BCUT2D eigenvalue weighted by Crippen LogP contribution is -2.31. The maximum Gasteiger partial charge on any atom is 0.145 e. The van der Waals surface area contributed by atoms with Gasteiger partial charge < -0.3 is 9.47 Å². The fourth-order valence-electron chi connectivity index (χ4n) is 6.53. The van der Waals surface area contributed by atoms with Crippen LogP contribution in [-0.4, -0.2) is 0 Å². The smallest absolute Gasteiger partial charge is 0.145 e. The molecule has 1 heterocycles. The van der Waals surface area contributed by atoms with Crippen LogP contribution in [0.1, 0.15) is 27.8 Å². The van der Waals surface area contributed by atoms with Crippen molar-refractivity contribution in [3.63, 3.8) is 0 Å². The Hall–Kier alpha value is -3.96. The summed E-state index contributed by atoms with van der Waals surface area (Å²) in [4.78, 5) is 2.55. The molecule has 0 unspecified atom stereocenters. The molecule has 6 aromatic rings. The van der Waals surface area contributed by atoms with Crippen LogP contribution in [0.5, 0.6) is 23.0 Å². The van der Waals surface area contributed by atoms with Crippen LogP contribution in [0.2, 0.25) is 5.02 Å². The fourth-order valence-corrected chi connectivity index (χ4v) is 8.30. The monoisotopic (exact) mass is 658 g/mol. The van der Waals surface area contributed by atoms with E-state index in [-0.39, 0.29) is 0 Å². The minimum atomic E-state index is -0.450. The zero-order valence-electron chi connectivity index (χ0n) is 23.1. The zero-order valence-corrected chi connectivity index (χ0v) is 26.3. The quantitative estimate of drug-likeness (QED) is 0.187. The molecule has 0 saturated heterocycles. The van der Waals surface area contributed by atoms with Crippen LogP contribution >= 0.6 is 39.3 Å². The number of hydrogen-bond acceptors (Lipinski definition) is 3. The van der Waals surface area contributed by atoms with Crippen molar-refractivity contribution in [2.24, 2.45) is 0 Å². The number of benzene rings is 6. The number of halogens is 2. The topological polar surface area (TPSA) is 18.5 Å². The summed E-state index contributed by atoms with van der Waals surface area (Å²) in [6.07, 6.45) is 0. The molecular formula is C38H24BrClO2S. The highest BCUT2D eigenvalue weighted by Gasteiger charge is 2.50. The first-order valence-electron chi connectivity index (χ1n) is 14.0. The highest BCUT2D eigenvalue weighted by atomic mass is 79.9. The molecule has 1 spiro atoms. The van der Waals surface area contributed by atoms with Gasteiger partial charge in [-0.2, -0.15) is 0 Å². The van der Waals surface area contributed by atoms with Crippen molar-refractivity contribution >= 4 is 39.3 Å². The van der Waals surface area contributed by atoms with Gasteiger partial charge in [-0.05, 0) is 116 Å². The molecule has 0 saturated carbocycles. The second kappa shape index (κ2) is 10.3. The summed E-state index contributed by atoms with van der Waals surface area (Å²) in [5.41, 5.74) is 8.19. The van der Waals surface area contributed by atoms with E-state index in [9.17, 15) is 0 Å². The molecule has 0 atom stereocenters. The SMILES string of the molecule is Cc1cc(Oc2cccc(Cl)c2)c(Br)c(Oc2ccc3c(c2)C2(c4ccccc4Sc4ccccc42)c2ccccc2-3)c1. The van der Waals surface area contributed by atoms with Crippen LogP contribution in [0.25, 0.3) is 11.1 Å². The van der Waals surface area contributed by atoms with Gasteiger partial charge >= 0.3 is 0 Å². The lowest BCUT2D eigenvalue weighted by Gasteiger charge is -2.39. The normalized spacial score (nSPS) is 13.6. The Kier molecular flexibility index (Phi) is 6.41. The van der Waals surface area contributed by atoms with Crippen LogP contribution in [0.3, 0.4) is 0 Å². The standard InChI is InChI=1S/C38H24BrClO2S/c1-23-19-33(41-25-10-8-9-24(40)21-25)37(39)34(20-23)42-26-17-18-28-27-11-2-3-12-29(27)38(32(28)22-26)30-13-4-6-15-35(30)43-36-16-7-5-14-31(36)38/h2-22H,1H3. The summed E-state index contributed by atoms with van der Waals surface area (Å²) in [5, 5.41) is 0.620. The average molecular weight is 660 g/mol. The Morgan fingerprint density at radius 1 is 0.581 bits per heavy atom. The van der Waals surface area contributed by atoms with E-state index in [1.807, 2.05) is 49.0 Å². The average Bonchev–Trinajstić information content (AvgIpc) is 3.30. The van der Waals surface area contributed by atoms with Gasteiger partial charge in [0.05, 0.1) is 5.41 Å². The lowest BCUT2D eigenvalue weighted by atomic mass is 9.67. The molecule has 1 aliphatic carbocycles. The Morgan fingerprint density at radius 2 is 1.16 bits per heavy atom. The van der Waals surface area contributed by atoms with Gasteiger partial charge in [-0.15, -0.1) is 0 Å². The van der Waals surface area contributed by atoms with E-state index in [1.165, 1.54) is 43.2 Å². The van der Waals surface area contributed by atoms with Crippen molar-refractivity contribution in [2.45, 2.75) is 22.1 Å². The predicted molar refractivity (Wildman–Crippen MR) is 178 cm³/mol. The lowest BCUT2D eigenvalue weighted by molar-refractivity contribution is 0.453. The molecule has 6 aromatic carbocycles. The Bertz CT molecular complexity index is 2030. The van der Waals surface area contributed by atoms with Crippen molar-refractivity contribution in [3.8, 4) is 34.1 Å². The molecule has 0 N–H and O–H groups in total. The largest absolute Gasteiger partial charge is 0.456 e. The van der Waals surface area contributed by atoms with Gasteiger partial charge in [0.25, 0.3) is 0 Å². The van der Waals surface area contributed by atoms with E-state index in [1.54, 1.807) is 6.07 Å². The maximum absolute atomic E-state index is 6.67. The summed E-state index contributed by atoms with van der Waals surface area (Å²) in [5.74, 6) is 2.77. The third-order valence-corrected chi connectivity index (χ3v) is 10.4. The molecule has 0 aromatic heterocycles. The van der Waals surface area contributed by atoms with Gasteiger partial charge in [-0.25, -0.2) is 0 Å². The first-order valence-corrected chi connectivity index (χ1v) is 16.0. The first kappa shape index (κ1) is 26.7. The van der Waals surface area contributed by atoms with Crippen LogP contribution < -0.4 is 9.47 Å². The van der Waals surface area contributed by atoms with Gasteiger partial charge in [-0.1, -0.05) is 96.2 Å². The van der Waals surface area contributed by atoms with Gasteiger partial charge in [0.1, 0.15) is 27.5 Å². The third kappa shape index (κ3) is 4.23. The third-order valence-electron chi connectivity index (χ3n) is 8.22. The van der Waals surface area contributed by atoms with Gasteiger partial charge in [0.15, 0.2) is 0 Å². The summed E-state index contributed by atoms with van der Waals surface area (Å²) >= 11 is 11.8. The molecule has 208 valence electrons. The second-order valence-corrected chi connectivity index (χ2v) is 13.1. The van der Waals surface area contributed by atoms with Crippen molar-refractivity contribution < 1.29 is 9.47 Å². The van der Waals surface area contributed by atoms with Crippen LogP contribution in [0.15, 0.2) is 142 Å². The number of rotatable bonds is 4. The van der Waals surface area contributed by atoms with Crippen molar-refractivity contribution in [1.29, 1.82) is 0 Å². The summed E-state index contributed by atoms with van der Waals surface area (Å²) in [6.45, 7) is 2.03. The molecule has 0 amide bonds. The molecule has 8 rings (SSSR count). The number of aryl methyl sites for hydroxylation is 1. The molecule has 5 heteroatoms. The molecule has 2 nitrogen and oxygen atoms in total. The predicted octanol–water partition coefficient (Wildman–Crippen LogP) is 11.8. The Balaban J connectivity index is 1.29. The molecule has 0 bridgehead atoms. The van der Waals surface area contributed by atoms with Crippen LogP contribution in [0.4, 0.5) is 0 Å². The fraction of sp³-hybridized carbons (Fsp3) is 0.0526. The number of fused-ring (bicyclic) bond motifs is 9. The van der Waals surface area contributed by atoms with Crippen LogP contribution in [0, 0.1) is 6.92 Å². The minimum absolute atomic E-state index is 0.450. The first-order chi connectivity index (χ1) is 21.0. The molecule has 1 aliphatic heterocycles. The van der Waals surface area contributed by atoms with E-state index < -0.39 is 5.41 Å². The Labute approximate surface area is 268 Å². The molecule has 43 heavy (non-hydrogen) atoms. The van der Waals surface area contributed by atoms with E-state index >= 15 is 0 Å². The second-order valence-electron chi connectivity index (χ2n) is 10.8. The highest BCUT2D eigenvalue weighted by molar-refractivity contribution is 9.10. The zero-order chi connectivity index (χ0) is 29.1.